The van der Waals surface area contributed by atoms with E-state index in [-0.39, 0.29) is 5.56 Å². The van der Waals surface area contributed by atoms with Gasteiger partial charge in [0, 0.05) is 18.6 Å². The molecule has 1 saturated heterocycles. The third-order valence-electron chi connectivity index (χ3n) is 5.40. The molecule has 0 saturated carbocycles. The standard InChI is InChI=1S/C21H29ClN4O3/c1-14(25(20(28)29)21(2,3)4)18-23-16-11-9-10-15(22)17(16)19(27)26(18)24-12-7-5-6-8-13-24/h9-11,14H,5-8,12-13H2,1-4H3,(H,28,29)/t14-/m0/s1. The zero-order chi connectivity index (χ0) is 21.3. The van der Waals surface area contributed by atoms with Gasteiger partial charge < -0.3 is 10.1 Å². The maximum atomic E-state index is 13.6. The number of hydrogen-bond donors (Lipinski definition) is 1. The Morgan fingerprint density at radius 1 is 1.21 bits per heavy atom. The highest BCUT2D eigenvalue weighted by Gasteiger charge is 2.35. The third kappa shape index (κ3) is 4.20. The summed E-state index contributed by atoms with van der Waals surface area (Å²) in [6.45, 7) is 8.74. The van der Waals surface area contributed by atoms with Crippen LogP contribution in [0.1, 0.15) is 65.2 Å². The van der Waals surface area contributed by atoms with E-state index in [2.05, 4.69) is 0 Å². The van der Waals surface area contributed by atoms with Crippen LogP contribution in [0.2, 0.25) is 5.02 Å². The van der Waals surface area contributed by atoms with E-state index in [1.54, 1.807) is 29.8 Å². The minimum absolute atomic E-state index is 0.247. The van der Waals surface area contributed by atoms with Crippen molar-refractivity contribution in [3.8, 4) is 0 Å². The summed E-state index contributed by atoms with van der Waals surface area (Å²) in [5, 5.41) is 12.6. The van der Waals surface area contributed by atoms with Crippen LogP contribution in [0, 0.1) is 0 Å². The lowest BCUT2D eigenvalue weighted by Crippen LogP contribution is -2.51. The van der Waals surface area contributed by atoms with Crippen LogP contribution in [0.25, 0.3) is 10.9 Å². The summed E-state index contributed by atoms with van der Waals surface area (Å²) in [6.07, 6.45) is 3.13. The molecule has 1 aromatic heterocycles. The number of carbonyl (C=O) groups is 1. The lowest BCUT2D eigenvalue weighted by molar-refractivity contribution is 0.0710. The van der Waals surface area contributed by atoms with Crippen molar-refractivity contribution in [2.75, 3.05) is 18.1 Å². The Labute approximate surface area is 175 Å². The molecule has 1 atom stereocenters. The number of rotatable bonds is 3. The molecule has 0 spiro atoms. The van der Waals surface area contributed by atoms with Crippen molar-refractivity contribution in [3.63, 3.8) is 0 Å². The molecule has 0 aliphatic carbocycles. The predicted octanol–water partition coefficient (Wildman–Crippen LogP) is 4.40. The maximum absolute atomic E-state index is 13.6. The fraction of sp³-hybridized carbons (Fsp3) is 0.571. The van der Waals surface area contributed by atoms with E-state index in [0.717, 1.165) is 38.8 Å². The molecule has 158 valence electrons. The monoisotopic (exact) mass is 420 g/mol. The largest absolute Gasteiger partial charge is 0.465 e. The number of fused-ring (bicyclic) bond motifs is 1. The molecule has 0 bridgehead atoms. The van der Waals surface area contributed by atoms with Gasteiger partial charge in [0.1, 0.15) is 0 Å². The molecule has 29 heavy (non-hydrogen) atoms. The molecule has 1 N–H and O–H groups in total. The van der Waals surface area contributed by atoms with Gasteiger partial charge in [-0.15, -0.1) is 0 Å². The van der Waals surface area contributed by atoms with Crippen molar-refractivity contribution in [1.29, 1.82) is 0 Å². The van der Waals surface area contributed by atoms with Gasteiger partial charge in [0.25, 0.3) is 5.56 Å². The number of benzene rings is 1. The average molecular weight is 421 g/mol. The van der Waals surface area contributed by atoms with Crippen molar-refractivity contribution in [2.45, 2.75) is 65.0 Å². The van der Waals surface area contributed by atoms with Gasteiger partial charge in [-0.1, -0.05) is 30.5 Å². The number of hydrogen-bond acceptors (Lipinski definition) is 4. The summed E-state index contributed by atoms with van der Waals surface area (Å²) < 4.78 is 1.58. The Balaban J connectivity index is 2.28. The number of carboxylic acid groups (broad SMARTS) is 1. The minimum atomic E-state index is -1.05. The van der Waals surface area contributed by atoms with Crippen LogP contribution in [-0.4, -0.2) is 44.4 Å². The van der Waals surface area contributed by atoms with E-state index in [0.29, 0.717) is 21.7 Å². The molecule has 2 aromatic rings. The summed E-state index contributed by atoms with van der Waals surface area (Å²) in [5.41, 5.74) is -0.422. The van der Waals surface area contributed by atoms with E-state index in [1.807, 2.05) is 25.8 Å². The molecule has 1 amide bonds. The van der Waals surface area contributed by atoms with E-state index < -0.39 is 17.7 Å². The molecule has 0 unspecified atom stereocenters. The van der Waals surface area contributed by atoms with Crippen LogP contribution >= 0.6 is 11.6 Å². The van der Waals surface area contributed by atoms with Gasteiger partial charge in [-0.25, -0.2) is 14.5 Å². The molecule has 1 aliphatic heterocycles. The van der Waals surface area contributed by atoms with Crippen LogP contribution in [0.3, 0.4) is 0 Å². The molecule has 0 radical (unpaired) electrons. The van der Waals surface area contributed by atoms with Gasteiger partial charge in [-0.3, -0.25) is 9.69 Å². The van der Waals surface area contributed by atoms with Crippen LogP contribution in [0.5, 0.6) is 0 Å². The second kappa shape index (κ2) is 8.22. The van der Waals surface area contributed by atoms with Crippen molar-refractivity contribution < 1.29 is 9.90 Å². The number of halogens is 1. The fourth-order valence-electron chi connectivity index (χ4n) is 4.15. The molecular weight excluding hydrogens is 392 g/mol. The smallest absolute Gasteiger partial charge is 0.408 e. The van der Waals surface area contributed by atoms with Gasteiger partial charge in [-0.05, 0) is 52.7 Å². The van der Waals surface area contributed by atoms with Crippen LogP contribution < -0.4 is 10.6 Å². The minimum Gasteiger partial charge on any atom is -0.465 e. The Morgan fingerprint density at radius 2 is 1.83 bits per heavy atom. The van der Waals surface area contributed by atoms with Crippen LogP contribution in [-0.2, 0) is 0 Å². The Hall–Kier alpha value is -2.28. The first kappa shape index (κ1) is 21.4. The molecular formula is C21H29ClN4O3. The Morgan fingerprint density at radius 3 is 2.38 bits per heavy atom. The fourth-order valence-corrected chi connectivity index (χ4v) is 4.40. The summed E-state index contributed by atoms with van der Waals surface area (Å²) >= 11 is 6.35. The van der Waals surface area contributed by atoms with Gasteiger partial charge in [-0.2, -0.15) is 0 Å². The van der Waals surface area contributed by atoms with Gasteiger partial charge >= 0.3 is 6.09 Å². The number of nitrogens with zero attached hydrogens (tertiary/aromatic N) is 4. The van der Waals surface area contributed by atoms with E-state index >= 15 is 0 Å². The first-order valence-corrected chi connectivity index (χ1v) is 10.5. The first-order valence-electron chi connectivity index (χ1n) is 10.1. The van der Waals surface area contributed by atoms with Crippen molar-refractivity contribution in [3.05, 3.63) is 39.4 Å². The molecule has 1 aliphatic rings. The average Bonchev–Trinajstić information content (AvgIpc) is 2.89. The summed E-state index contributed by atoms with van der Waals surface area (Å²) in [6, 6.07) is 4.56. The maximum Gasteiger partial charge on any atom is 0.408 e. The molecule has 1 aromatic carbocycles. The van der Waals surface area contributed by atoms with E-state index in [9.17, 15) is 14.7 Å². The van der Waals surface area contributed by atoms with Gasteiger partial charge in [0.2, 0.25) is 0 Å². The lowest BCUT2D eigenvalue weighted by Gasteiger charge is -2.39. The highest BCUT2D eigenvalue weighted by Crippen LogP contribution is 2.29. The SMILES string of the molecule is C[C@@H](c1nc2cccc(Cl)c2c(=O)n1N1CCCCCC1)N(C(=O)O)C(C)(C)C. The Kier molecular flexibility index (Phi) is 6.08. The van der Waals surface area contributed by atoms with Crippen molar-refractivity contribution in [1.82, 2.24) is 14.6 Å². The van der Waals surface area contributed by atoms with E-state index in [1.165, 1.54) is 4.90 Å². The molecule has 8 heteroatoms. The second-order valence-electron chi connectivity index (χ2n) is 8.59. The summed E-state index contributed by atoms with van der Waals surface area (Å²) in [4.78, 5) is 31.7. The van der Waals surface area contributed by atoms with Gasteiger partial charge in [0.15, 0.2) is 5.82 Å². The van der Waals surface area contributed by atoms with Gasteiger partial charge in [0.05, 0.1) is 22.0 Å². The predicted molar refractivity (Wildman–Crippen MR) is 115 cm³/mol. The summed E-state index contributed by atoms with van der Waals surface area (Å²) in [7, 11) is 0. The van der Waals surface area contributed by atoms with E-state index in [4.69, 9.17) is 16.6 Å². The quantitative estimate of drug-likeness (QED) is 0.796. The molecule has 2 heterocycles. The zero-order valence-electron chi connectivity index (χ0n) is 17.5. The van der Waals surface area contributed by atoms with Crippen LogP contribution in [0.15, 0.2) is 23.0 Å². The van der Waals surface area contributed by atoms with Crippen molar-refractivity contribution in [2.24, 2.45) is 0 Å². The molecule has 7 nitrogen and oxygen atoms in total. The zero-order valence-corrected chi connectivity index (χ0v) is 18.2. The topological polar surface area (TPSA) is 78.7 Å². The Bertz CT molecular complexity index is 959. The highest BCUT2D eigenvalue weighted by molar-refractivity contribution is 6.35. The second-order valence-corrected chi connectivity index (χ2v) is 9.00. The normalized spacial score (nSPS) is 16.5. The van der Waals surface area contributed by atoms with Crippen molar-refractivity contribution >= 4 is 28.6 Å². The first-order chi connectivity index (χ1) is 13.6. The lowest BCUT2D eigenvalue weighted by atomic mass is 10.0. The summed E-state index contributed by atoms with van der Waals surface area (Å²) in [5.74, 6) is 0.420. The molecule has 1 fully saturated rings. The highest BCUT2D eigenvalue weighted by atomic mass is 35.5. The number of aromatic nitrogens is 2. The number of amides is 1. The molecule has 3 rings (SSSR count). The van der Waals surface area contributed by atoms with Crippen LogP contribution in [0.4, 0.5) is 4.79 Å². The third-order valence-corrected chi connectivity index (χ3v) is 5.72.